The molecule has 0 fully saturated rings. The van der Waals surface area contributed by atoms with Gasteiger partial charge in [0, 0.05) is 5.56 Å². The molecule has 3 rings (SSSR count). The number of hydrogen-bond acceptors (Lipinski definition) is 6. The maximum Gasteiger partial charge on any atom is 0.256 e. The summed E-state index contributed by atoms with van der Waals surface area (Å²) in [4.78, 5) is 16.5. The zero-order valence-electron chi connectivity index (χ0n) is 11.8. The molecule has 0 amide bonds. The van der Waals surface area contributed by atoms with Gasteiger partial charge in [-0.25, -0.2) is 4.98 Å². The lowest BCUT2D eigenvalue weighted by atomic mass is 10.1. The molecule has 21 heavy (non-hydrogen) atoms. The number of nitrogens with zero attached hydrogens (tertiary/aromatic N) is 1. The number of ketones is 1. The quantitative estimate of drug-likeness (QED) is 0.639. The highest BCUT2D eigenvalue weighted by molar-refractivity contribution is 7.99. The summed E-state index contributed by atoms with van der Waals surface area (Å²) in [5.74, 6) is 2.37. The van der Waals surface area contributed by atoms with Crippen molar-refractivity contribution in [3.63, 3.8) is 0 Å². The van der Waals surface area contributed by atoms with E-state index in [1.807, 2.05) is 13.8 Å². The van der Waals surface area contributed by atoms with Crippen LogP contribution in [0, 0.1) is 13.8 Å². The predicted octanol–water partition coefficient (Wildman–Crippen LogP) is 3.04. The predicted molar refractivity (Wildman–Crippen MR) is 78.5 cm³/mol. The Hall–Kier alpha value is -1.95. The normalized spacial score (nSPS) is 13.2. The van der Waals surface area contributed by atoms with Gasteiger partial charge in [0.25, 0.3) is 5.22 Å². The van der Waals surface area contributed by atoms with Crippen molar-refractivity contribution in [2.45, 2.75) is 19.1 Å². The van der Waals surface area contributed by atoms with E-state index in [1.165, 1.54) is 11.8 Å². The average molecular weight is 305 g/mol. The van der Waals surface area contributed by atoms with Gasteiger partial charge in [0.15, 0.2) is 17.3 Å². The Labute approximate surface area is 126 Å². The molecule has 5 nitrogen and oxygen atoms in total. The fourth-order valence-electron chi connectivity index (χ4n) is 1.93. The maximum absolute atomic E-state index is 12.2. The molecule has 1 aromatic carbocycles. The second-order valence-electron chi connectivity index (χ2n) is 4.69. The molecule has 0 N–H and O–H groups in total. The van der Waals surface area contributed by atoms with Crippen LogP contribution in [0.4, 0.5) is 0 Å². The Bertz CT molecular complexity index is 661. The van der Waals surface area contributed by atoms with Crippen LogP contribution < -0.4 is 9.47 Å². The number of ether oxygens (including phenoxy) is 2. The molecule has 0 spiro atoms. The zero-order valence-corrected chi connectivity index (χ0v) is 12.7. The zero-order chi connectivity index (χ0) is 14.8. The van der Waals surface area contributed by atoms with E-state index in [-0.39, 0.29) is 11.5 Å². The summed E-state index contributed by atoms with van der Waals surface area (Å²) in [6.07, 6.45) is 0. The number of carbonyl (C=O) groups excluding carboxylic acids is 1. The second-order valence-corrected chi connectivity index (χ2v) is 5.62. The molecule has 110 valence electrons. The first-order chi connectivity index (χ1) is 10.1. The van der Waals surface area contributed by atoms with Crippen LogP contribution >= 0.6 is 11.8 Å². The number of aromatic nitrogens is 1. The van der Waals surface area contributed by atoms with Gasteiger partial charge in [-0.05, 0) is 32.0 Å². The SMILES string of the molecule is Cc1nc(SCC(=O)c2ccc3c(c2)OCCO3)oc1C. The summed E-state index contributed by atoms with van der Waals surface area (Å²) in [5, 5.41) is 0.524. The van der Waals surface area contributed by atoms with Crippen LogP contribution in [0.3, 0.4) is 0 Å². The van der Waals surface area contributed by atoms with E-state index in [4.69, 9.17) is 13.9 Å². The van der Waals surface area contributed by atoms with E-state index >= 15 is 0 Å². The Morgan fingerprint density at radius 2 is 2.00 bits per heavy atom. The Balaban J connectivity index is 1.67. The summed E-state index contributed by atoms with van der Waals surface area (Å²) in [6.45, 7) is 4.79. The summed E-state index contributed by atoms with van der Waals surface area (Å²) in [6, 6.07) is 5.25. The fraction of sp³-hybridized carbons (Fsp3) is 0.333. The number of benzene rings is 1. The molecular weight excluding hydrogens is 290 g/mol. The minimum absolute atomic E-state index is 0.00507. The standard InChI is InChI=1S/C15H15NO4S/c1-9-10(2)20-15(16-9)21-8-12(17)11-3-4-13-14(7-11)19-6-5-18-13/h3-4,7H,5-6,8H2,1-2H3. The van der Waals surface area contributed by atoms with Crippen LogP contribution in [0.15, 0.2) is 27.8 Å². The third kappa shape index (κ3) is 3.05. The van der Waals surface area contributed by atoms with Crippen LogP contribution in [0.5, 0.6) is 11.5 Å². The highest BCUT2D eigenvalue weighted by Gasteiger charge is 2.16. The van der Waals surface area contributed by atoms with Gasteiger partial charge >= 0.3 is 0 Å². The van der Waals surface area contributed by atoms with Crippen molar-refractivity contribution in [1.29, 1.82) is 0 Å². The lowest BCUT2D eigenvalue weighted by Crippen LogP contribution is -2.16. The molecule has 6 heteroatoms. The summed E-state index contributed by atoms with van der Waals surface area (Å²) >= 11 is 1.30. The van der Waals surface area contributed by atoms with E-state index in [9.17, 15) is 4.79 Å². The lowest BCUT2D eigenvalue weighted by Gasteiger charge is -2.18. The number of fused-ring (bicyclic) bond motifs is 1. The number of carbonyl (C=O) groups is 1. The molecule has 1 aromatic heterocycles. The molecule has 1 aliphatic heterocycles. The Kier molecular flexibility index (Phi) is 3.88. The molecule has 2 aromatic rings. The number of thioether (sulfide) groups is 1. The number of aryl methyl sites for hydroxylation is 2. The monoisotopic (exact) mass is 305 g/mol. The number of Topliss-reactive ketones (excluding diaryl/α,β-unsaturated/α-hetero) is 1. The number of oxazole rings is 1. The van der Waals surface area contributed by atoms with Gasteiger partial charge in [0.2, 0.25) is 0 Å². The maximum atomic E-state index is 12.2. The van der Waals surface area contributed by atoms with Crippen LogP contribution in [0.2, 0.25) is 0 Å². The molecular formula is C15H15NO4S. The van der Waals surface area contributed by atoms with E-state index in [1.54, 1.807) is 18.2 Å². The lowest BCUT2D eigenvalue weighted by molar-refractivity contribution is 0.102. The Morgan fingerprint density at radius 3 is 2.71 bits per heavy atom. The van der Waals surface area contributed by atoms with Gasteiger partial charge in [0.1, 0.15) is 19.0 Å². The van der Waals surface area contributed by atoms with Crippen LogP contribution in [-0.2, 0) is 0 Å². The third-order valence-electron chi connectivity index (χ3n) is 3.20. The molecule has 0 saturated carbocycles. The first-order valence-corrected chi connectivity index (χ1v) is 7.62. The molecule has 0 unspecified atom stereocenters. The van der Waals surface area contributed by atoms with Gasteiger partial charge in [-0.1, -0.05) is 11.8 Å². The first kappa shape index (κ1) is 14.0. The largest absolute Gasteiger partial charge is 0.486 e. The van der Waals surface area contributed by atoms with Crippen molar-refractivity contribution in [1.82, 2.24) is 4.98 Å². The first-order valence-electron chi connectivity index (χ1n) is 6.63. The minimum Gasteiger partial charge on any atom is -0.486 e. The third-order valence-corrected chi connectivity index (χ3v) is 4.03. The van der Waals surface area contributed by atoms with Crippen molar-refractivity contribution in [2.24, 2.45) is 0 Å². The van der Waals surface area contributed by atoms with Crippen molar-refractivity contribution < 1.29 is 18.7 Å². The number of rotatable bonds is 4. The van der Waals surface area contributed by atoms with Gasteiger partial charge in [-0.2, -0.15) is 0 Å². The molecule has 0 saturated heterocycles. The fourth-order valence-corrected chi connectivity index (χ4v) is 2.74. The highest BCUT2D eigenvalue weighted by atomic mass is 32.2. The molecule has 0 radical (unpaired) electrons. The molecule has 0 atom stereocenters. The molecule has 2 heterocycles. The van der Waals surface area contributed by atoms with E-state index < -0.39 is 0 Å². The van der Waals surface area contributed by atoms with Crippen molar-refractivity contribution in [2.75, 3.05) is 19.0 Å². The van der Waals surface area contributed by atoms with E-state index in [0.29, 0.717) is 35.5 Å². The number of hydrogen-bond donors (Lipinski definition) is 0. The van der Waals surface area contributed by atoms with Crippen molar-refractivity contribution in [3.8, 4) is 11.5 Å². The van der Waals surface area contributed by atoms with E-state index in [2.05, 4.69) is 4.98 Å². The van der Waals surface area contributed by atoms with E-state index in [0.717, 1.165) is 11.5 Å². The highest BCUT2D eigenvalue weighted by Crippen LogP contribution is 2.31. The summed E-state index contributed by atoms with van der Waals surface area (Å²) < 4.78 is 16.4. The smallest absolute Gasteiger partial charge is 0.256 e. The molecule has 0 aliphatic carbocycles. The average Bonchev–Trinajstić information content (AvgIpc) is 2.83. The summed E-state index contributed by atoms with van der Waals surface area (Å²) in [7, 11) is 0. The van der Waals surface area contributed by atoms with Gasteiger partial charge in [-0.3, -0.25) is 4.79 Å². The van der Waals surface area contributed by atoms with Gasteiger partial charge in [-0.15, -0.1) is 0 Å². The van der Waals surface area contributed by atoms with Crippen LogP contribution in [-0.4, -0.2) is 29.7 Å². The van der Waals surface area contributed by atoms with Crippen molar-refractivity contribution >= 4 is 17.5 Å². The van der Waals surface area contributed by atoms with Crippen molar-refractivity contribution in [3.05, 3.63) is 35.2 Å². The van der Waals surface area contributed by atoms with Gasteiger partial charge in [0.05, 0.1) is 11.4 Å². The topological polar surface area (TPSA) is 61.6 Å². The Morgan fingerprint density at radius 1 is 1.24 bits per heavy atom. The minimum atomic E-state index is 0.00507. The van der Waals surface area contributed by atoms with Crippen LogP contribution in [0.1, 0.15) is 21.8 Å². The molecule has 0 bridgehead atoms. The molecule has 1 aliphatic rings. The van der Waals surface area contributed by atoms with Gasteiger partial charge < -0.3 is 13.9 Å². The summed E-state index contributed by atoms with van der Waals surface area (Å²) in [5.41, 5.74) is 1.45. The van der Waals surface area contributed by atoms with Crippen LogP contribution in [0.25, 0.3) is 0 Å². The second kappa shape index (κ2) is 5.81.